The molecule has 5 heteroatoms. The highest BCUT2D eigenvalue weighted by Gasteiger charge is 2.17. The molecule has 0 fully saturated rings. The number of hydrogen-bond acceptors (Lipinski definition) is 5. The van der Waals surface area contributed by atoms with E-state index < -0.39 is 0 Å². The van der Waals surface area contributed by atoms with Gasteiger partial charge in [-0.05, 0) is 50.3 Å². The standard InChI is InChI=1S/C26H30N2O3/c1-5-7-10-18(3)27-25-19(4)28-31-26(25)21-15-13-20(14-16-21)23-12-9-8-11-22(23)17-24(29)30-6-2/h5,8-9,11-16,18,27H,1,6-7,10,17H2,2-4H3. The molecule has 3 aromatic rings. The van der Waals surface area contributed by atoms with Gasteiger partial charge in [-0.25, -0.2) is 0 Å². The van der Waals surface area contributed by atoms with Crippen LogP contribution in [0.5, 0.6) is 0 Å². The summed E-state index contributed by atoms with van der Waals surface area (Å²) < 4.78 is 10.8. The number of rotatable bonds is 10. The van der Waals surface area contributed by atoms with E-state index in [0.29, 0.717) is 6.61 Å². The molecular weight excluding hydrogens is 388 g/mol. The Bertz CT molecular complexity index is 1020. The van der Waals surface area contributed by atoms with Crippen molar-refractivity contribution in [3.8, 4) is 22.5 Å². The fourth-order valence-corrected chi connectivity index (χ4v) is 3.55. The Morgan fingerprint density at radius 3 is 2.61 bits per heavy atom. The minimum Gasteiger partial charge on any atom is -0.466 e. The number of esters is 1. The largest absolute Gasteiger partial charge is 0.466 e. The molecule has 1 atom stereocenters. The summed E-state index contributed by atoms with van der Waals surface area (Å²) in [5.74, 6) is 0.513. The van der Waals surface area contributed by atoms with Gasteiger partial charge in [0.15, 0.2) is 5.76 Å². The van der Waals surface area contributed by atoms with E-state index in [1.165, 1.54) is 0 Å². The zero-order chi connectivity index (χ0) is 22.2. The van der Waals surface area contributed by atoms with Crippen molar-refractivity contribution in [1.29, 1.82) is 0 Å². The minimum atomic E-state index is -0.218. The number of nitrogens with one attached hydrogen (secondary N) is 1. The minimum absolute atomic E-state index is 0.218. The Kier molecular flexibility index (Phi) is 7.65. The maximum atomic E-state index is 12.0. The lowest BCUT2D eigenvalue weighted by Crippen LogP contribution is -2.15. The number of aromatic nitrogens is 1. The molecule has 1 unspecified atom stereocenters. The molecule has 0 aliphatic heterocycles. The molecule has 0 amide bonds. The predicted octanol–water partition coefficient (Wildman–Crippen LogP) is 6.19. The molecule has 0 aliphatic carbocycles. The Hall–Kier alpha value is -3.34. The third-order valence-corrected chi connectivity index (χ3v) is 5.17. The van der Waals surface area contributed by atoms with Crippen LogP contribution in [0.3, 0.4) is 0 Å². The van der Waals surface area contributed by atoms with Gasteiger partial charge in [0.25, 0.3) is 0 Å². The summed E-state index contributed by atoms with van der Waals surface area (Å²) in [6, 6.07) is 16.3. The van der Waals surface area contributed by atoms with Gasteiger partial charge in [0.05, 0.1) is 13.0 Å². The fraction of sp³-hybridized carbons (Fsp3) is 0.308. The lowest BCUT2D eigenvalue weighted by atomic mass is 9.96. The van der Waals surface area contributed by atoms with Crippen LogP contribution in [0, 0.1) is 6.92 Å². The lowest BCUT2D eigenvalue weighted by molar-refractivity contribution is -0.142. The summed E-state index contributed by atoms with van der Waals surface area (Å²) in [6.07, 6.45) is 4.12. The molecule has 0 spiro atoms. The van der Waals surface area contributed by atoms with Crippen LogP contribution in [0.15, 0.2) is 65.7 Å². The van der Waals surface area contributed by atoms with E-state index in [0.717, 1.165) is 52.2 Å². The number of carbonyl (C=O) groups is 1. The molecule has 5 nitrogen and oxygen atoms in total. The molecule has 2 aromatic carbocycles. The molecule has 0 saturated carbocycles. The Morgan fingerprint density at radius 1 is 1.19 bits per heavy atom. The van der Waals surface area contributed by atoms with Crippen molar-refractivity contribution in [3.63, 3.8) is 0 Å². The first-order valence-corrected chi connectivity index (χ1v) is 10.7. The topological polar surface area (TPSA) is 64.4 Å². The highest BCUT2D eigenvalue weighted by atomic mass is 16.5. The molecule has 3 rings (SSSR count). The summed E-state index contributed by atoms with van der Waals surface area (Å²) in [5.41, 5.74) is 5.71. The molecular formula is C26H30N2O3. The maximum absolute atomic E-state index is 12.0. The summed E-state index contributed by atoms with van der Waals surface area (Å²) in [6.45, 7) is 10.1. The molecule has 31 heavy (non-hydrogen) atoms. The zero-order valence-electron chi connectivity index (χ0n) is 18.5. The molecule has 1 aromatic heterocycles. The molecule has 0 bridgehead atoms. The van der Waals surface area contributed by atoms with Crippen LogP contribution in [0.4, 0.5) is 5.69 Å². The molecule has 1 heterocycles. The summed E-state index contributed by atoms with van der Waals surface area (Å²) in [4.78, 5) is 12.0. The van der Waals surface area contributed by atoms with Gasteiger partial charge in [-0.1, -0.05) is 59.8 Å². The first-order valence-electron chi connectivity index (χ1n) is 10.7. The van der Waals surface area contributed by atoms with Gasteiger partial charge in [-0.2, -0.15) is 0 Å². The zero-order valence-corrected chi connectivity index (χ0v) is 18.5. The Balaban J connectivity index is 1.84. The van der Waals surface area contributed by atoms with E-state index in [4.69, 9.17) is 9.26 Å². The number of aryl methyl sites for hydroxylation is 1. The summed E-state index contributed by atoms with van der Waals surface area (Å²) in [7, 11) is 0. The maximum Gasteiger partial charge on any atom is 0.310 e. The van der Waals surface area contributed by atoms with Crippen molar-refractivity contribution < 1.29 is 14.1 Å². The van der Waals surface area contributed by atoms with Gasteiger partial charge in [0, 0.05) is 11.6 Å². The van der Waals surface area contributed by atoms with Crippen LogP contribution in [-0.4, -0.2) is 23.8 Å². The van der Waals surface area contributed by atoms with E-state index >= 15 is 0 Å². The Labute approximate surface area is 184 Å². The van der Waals surface area contributed by atoms with Crippen LogP contribution in [0.25, 0.3) is 22.5 Å². The molecule has 0 radical (unpaired) electrons. The highest BCUT2D eigenvalue weighted by Crippen LogP contribution is 2.33. The van der Waals surface area contributed by atoms with Gasteiger partial charge < -0.3 is 14.6 Å². The second kappa shape index (κ2) is 10.6. The molecule has 0 aliphatic rings. The van der Waals surface area contributed by atoms with E-state index in [1.54, 1.807) is 0 Å². The van der Waals surface area contributed by atoms with Gasteiger partial charge in [-0.15, -0.1) is 6.58 Å². The van der Waals surface area contributed by atoms with Gasteiger partial charge in [-0.3, -0.25) is 4.79 Å². The summed E-state index contributed by atoms with van der Waals surface area (Å²) in [5, 5.41) is 7.69. The van der Waals surface area contributed by atoms with Gasteiger partial charge in [0.2, 0.25) is 0 Å². The van der Waals surface area contributed by atoms with E-state index in [-0.39, 0.29) is 18.4 Å². The molecule has 1 N–H and O–H groups in total. The van der Waals surface area contributed by atoms with E-state index in [2.05, 4.69) is 24.0 Å². The predicted molar refractivity (Wildman–Crippen MR) is 125 cm³/mol. The number of ether oxygens (including phenoxy) is 1. The van der Waals surface area contributed by atoms with Gasteiger partial charge in [0.1, 0.15) is 11.4 Å². The number of benzene rings is 2. The van der Waals surface area contributed by atoms with Crippen molar-refractivity contribution in [2.45, 2.75) is 46.1 Å². The average molecular weight is 419 g/mol. The second-order valence-electron chi connectivity index (χ2n) is 7.60. The van der Waals surface area contributed by atoms with E-state index in [9.17, 15) is 4.79 Å². The van der Waals surface area contributed by atoms with Crippen LogP contribution >= 0.6 is 0 Å². The molecule has 0 saturated heterocycles. The normalized spacial score (nSPS) is 11.7. The van der Waals surface area contributed by atoms with Crippen LogP contribution < -0.4 is 5.32 Å². The van der Waals surface area contributed by atoms with Crippen molar-refractivity contribution in [2.24, 2.45) is 0 Å². The SMILES string of the molecule is C=CCCC(C)Nc1c(C)noc1-c1ccc(-c2ccccc2CC(=O)OCC)cc1. The number of nitrogens with zero attached hydrogens (tertiary/aromatic N) is 1. The van der Waals surface area contributed by atoms with Crippen LogP contribution in [0.2, 0.25) is 0 Å². The number of allylic oxidation sites excluding steroid dienone is 1. The van der Waals surface area contributed by atoms with Gasteiger partial charge >= 0.3 is 5.97 Å². The number of carbonyl (C=O) groups excluding carboxylic acids is 1. The Morgan fingerprint density at radius 2 is 1.90 bits per heavy atom. The van der Waals surface area contributed by atoms with Crippen LogP contribution in [-0.2, 0) is 16.0 Å². The highest BCUT2D eigenvalue weighted by molar-refractivity contribution is 5.80. The summed E-state index contributed by atoms with van der Waals surface area (Å²) >= 11 is 0. The van der Waals surface area contributed by atoms with Crippen molar-refractivity contribution in [2.75, 3.05) is 11.9 Å². The smallest absolute Gasteiger partial charge is 0.310 e. The lowest BCUT2D eigenvalue weighted by Gasteiger charge is -2.14. The van der Waals surface area contributed by atoms with Crippen LogP contribution in [0.1, 0.15) is 37.9 Å². The quantitative estimate of drug-likeness (QED) is 0.314. The first kappa shape index (κ1) is 22.3. The third-order valence-electron chi connectivity index (χ3n) is 5.17. The van der Waals surface area contributed by atoms with Crippen molar-refractivity contribution in [1.82, 2.24) is 5.16 Å². The third kappa shape index (κ3) is 5.63. The molecule has 162 valence electrons. The number of hydrogen-bond donors (Lipinski definition) is 1. The average Bonchev–Trinajstić information content (AvgIpc) is 3.13. The van der Waals surface area contributed by atoms with Crippen molar-refractivity contribution >= 4 is 11.7 Å². The fourth-order valence-electron chi connectivity index (χ4n) is 3.55. The number of anilines is 1. The van der Waals surface area contributed by atoms with Crippen molar-refractivity contribution in [3.05, 3.63) is 72.4 Å². The first-order chi connectivity index (χ1) is 15.0. The monoisotopic (exact) mass is 418 g/mol. The second-order valence-corrected chi connectivity index (χ2v) is 7.60. The van der Waals surface area contributed by atoms with E-state index in [1.807, 2.05) is 68.5 Å².